The van der Waals surface area contributed by atoms with Gasteiger partial charge >= 0.3 is 0 Å². The molecule has 2 unspecified atom stereocenters. The zero-order chi connectivity index (χ0) is 20.8. The molecule has 1 saturated heterocycles. The minimum atomic E-state index is 0.548. The Bertz CT molecular complexity index is 1270. The van der Waals surface area contributed by atoms with E-state index in [1.165, 1.54) is 12.0 Å². The first-order chi connectivity index (χ1) is 15.2. The highest BCUT2D eigenvalue weighted by Gasteiger charge is 2.45. The number of aromatic nitrogens is 3. The van der Waals surface area contributed by atoms with Crippen molar-refractivity contribution >= 4 is 17.3 Å². The number of aryl methyl sites for hydroxylation is 1. The smallest absolute Gasteiger partial charge is 0.179 e. The molecule has 4 aromatic rings. The van der Waals surface area contributed by atoms with E-state index < -0.39 is 0 Å². The average Bonchev–Trinajstić information content (AvgIpc) is 3.19. The predicted octanol–water partition coefficient (Wildman–Crippen LogP) is 5.44. The van der Waals surface area contributed by atoms with Gasteiger partial charge in [-0.15, -0.1) is 5.11 Å². The molecule has 3 heterocycles. The molecule has 0 amide bonds. The number of piperidine rings is 1. The van der Waals surface area contributed by atoms with Crippen molar-refractivity contribution in [1.82, 2.24) is 14.6 Å². The number of fused-ring (bicyclic) bond motifs is 2. The Morgan fingerprint density at radius 1 is 0.968 bits per heavy atom. The monoisotopic (exact) mass is 408 g/mol. The summed E-state index contributed by atoms with van der Waals surface area (Å²) in [4.78, 5) is 7.17. The summed E-state index contributed by atoms with van der Waals surface area (Å²) in [6.07, 6.45) is 1.36. The summed E-state index contributed by atoms with van der Waals surface area (Å²) in [5, 5.41) is 13.8. The normalized spacial score (nSPS) is 20.0. The van der Waals surface area contributed by atoms with Crippen LogP contribution in [0.1, 0.15) is 17.5 Å². The Morgan fingerprint density at radius 3 is 2.61 bits per heavy atom. The van der Waals surface area contributed by atoms with E-state index in [4.69, 9.17) is 10.1 Å². The van der Waals surface area contributed by atoms with E-state index in [1.54, 1.807) is 0 Å². The number of azo groups is 1. The zero-order valence-electron chi connectivity index (χ0n) is 17.5. The van der Waals surface area contributed by atoms with Crippen LogP contribution in [0, 0.1) is 18.8 Å². The summed E-state index contributed by atoms with van der Waals surface area (Å²) in [5.74, 6) is 3.36. The summed E-state index contributed by atoms with van der Waals surface area (Å²) < 4.78 is 1.96. The average molecular weight is 409 g/mol. The molecule has 1 aliphatic carbocycles. The molecule has 2 aliphatic rings. The van der Waals surface area contributed by atoms with Crippen molar-refractivity contribution in [3.8, 4) is 11.3 Å². The quantitative estimate of drug-likeness (QED) is 0.413. The number of hydrogen-bond acceptors (Lipinski definition) is 5. The van der Waals surface area contributed by atoms with Crippen molar-refractivity contribution in [2.45, 2.75) is 19.9 Å². The van der Waals surface area contributed by atoms with Crippen molar-refractivity contribution in [2.24, 2.45) is 22.1 Å². The van der Waals surface area contributed by atoms with Crippen molar-refractivity contribution in [2.75, 3.05) is 18.0 Å². The van der Waals surface area contributed by atoms with E-state index in [-0.39, 0.29) is 0 Å². The fraction of sp³-hybridized carbons (Fsp3) is 0.280. The molecule has 0 spiro atoms. The fourth-order valence-corrected chi connectivity index (χ4v) is 4.56. The number of rotatable bonds is 5. The highest BCUT2D eigenvalue weighted by atomic mass is 15.4. The van der Waals surface area contributed by atoms with Gasteiger partial charge in [-0.1, -0.05) is 60.2 Å². The van der Waals surface area contributed by atoms with E-state index >= 15 is 0 Å². The fourth-order valence-electron chi connectivity index (χ4n) is 4.56. The number of anilines is 1. The Kier molecular flexibility index (Phi) is 4.30. The lowest BCUT2D eigenvalue weighted by molar-refractivity contribution is 0.774. The van der Waals surface area contributed by atoms with Crippen LogP contribution >= 0.6 is 0 Å². The first kappa shape index (κ1) is 18.2. The van der Waals surface area contributed by atoms with Gasteiger partial charge in [-0.05, 0) is 30.7 Å². The number of hydrogen-bond donors (Lipinski definition) is 0. The molecule has 31 heavy (non-hydrogen) atoms. The van der Waals surface area contributed by atoms with Crippen LogP contribution in [0.3, 0.4) is 0 Å². The molecule has 2 fully saturated rings. The summed E-state index contributed by atoms with van der Waals surface area (Å²) in [7, 11) is 0. The molecule has 0 N–H and O–H groups in total. The van der Waals surface area contributed by atoms with Gasteiger partial charge in [-0.25, -0.2) is 4.98 Å². The summed E-state index contributed by atoms with van der Waals surface area (Å²) >= 11 is 0. The number of benzene rings is 2. The Labute approximate surface area is 181 Å². The van der Waals surface area contributed by atoms with Gasteiger partial charge in [0.25, 0.3) is 0 Å². The van der Waals surface area contributed by atoms with Crippen molar-refractivity contribution in [3.05, 3.63) is 77.9 Å². The van der Waals surface area contributed by atoms with Crippen molar-refractivity contribution in [3.63, 3.8) is 0 Å². The molecule has 1 aliphatic heterocycles. The lowest BCUT2D eigenvalue weighted by Crippen LogP contribution is -2.24. The third-order valence-corrected chi connectivity index (χ3v) is 6.28. The predicted molar refractivity (Wildman–Crippen MR) is 122 cm³/mol. The molecule has 6 nitrogen and oxygen atoms in total. The lowest BCUT2D eigenvalue weighted by atomic mass is 10.1. The van der Waals surface area contributed by atoms with Crippen molar-refractivity contribution in [1.29, 1.82) is 0 Å². The number of nitrogens with zero attached hydrogens (tertiary/aromatic N) is 6. The molecule has 2 aromatic carbocycles. The van der Waals surface area contributed by atoms with Gasteiger partial charge < -0.3 is 4.90 Å². The van der Waals surface area contributed by atoms with Crippen LogP contribution in [0.4, 0.5) is 11.6 Å². The summed E-state index contributed by atoms with van der Waals surface area (Å²) in [6, 6.07) is 22.7. The second-order valence-corrected chi connectivity index (χ2v) is 8.69. The highest BCUT2D eigenvalue weighted by Crippen LogP contribution is 2.46. The SMILES string of the molecule is Cc1cccc(CN=Nc2cc(N3CC4CC4C3)n3nc(-c4ccccc4)cc3n2)c1. The molecule has 6 rings (SSSR count). The van der Waals surface area contributed by atoms with Crippen LogP contribution in [-0.2, 0) is 6.54 Å². The second-order valence-electron chi connectivity index (χ2n) is 8.69. The zero-order valence-corrected chi connectivity index (χ0v) is 17.5. The van der Waals surface area contributed by atoms with E-state index in [0.717, 1.165) is 53.2 Å². The van der Waals surface area contributed by atoms with E-state index in [2.05, 4.69) is 58.5 Å². The van der Waals surface area contributed by atoms with Crippen LogP contribution in [0.25, 0.3) is 16.9 Å². The maximum absolute atomic E-state index is 4.89. The Morgan fingerprint density at radius 2 is 1.81 bits per heavy atom. The minimum absolute atomic E-state index is 0.548. The third kappa shape index (κ3) is 3.58. The van der Waals surface area contributed by atoms with Crippen LogP contribution in [0.2, 0.25) is 0 Å². The van der Waals surface area contributed by atoms with Crippen LogP contribution in [0.5, 0.6) is 0 Å². The van der Waals surface area contributed by atoms with Gasteiger partial charge in [-0.2, -0.15) is 14.7 Å². The van der Waals surface area contributed by atoms with Gasteiger partial charge in [-0.3, -0.25) is 0 Å². The standard InChI is InChI=1S/C25H24N6/c1-17-6-5-7-18(10-17)14-26-28-23-13-25(30-15-20-11-21(20)16-30)31-24(27-23)12-22(29-31)19-8-3-2-4-9-19/h2-10,12-13,20-21H,11,14-16H2,1H3. The molecule has 2 aromatic heterocycles. The van der Waals surface area contributed by atoms with Crippen LogP contribution < -0.4 is 4.90 Å². The summed E-state index contributed by atoms with van der Waals surface area (Å²) in [5.41, 5.74) is 5.20. The molecular weight excluding hydrogens is 384 g/mol. The Hall–Kier alpha value is -3.54. The Balaban J connectivity index is 1.36. The first-order valence-corrected chi connectivity index (χ1v) is 10.9. The van der Waals surface area contributed by atoms with E-state index in [0.29, 0.717) is 12.4 Å². The molecule has 154 valence electrons. The molecule has 2 atom stereocenters. The second kappa shape index (κ2) is 7.30. The molecular formula is C25H24N6. The highest BCUT2D eigenvalue weighted by molar-refractivity contribution is 5.67. The van der Waals surface area contributed by atoms with Gasteiger partial charge in [0, 0.05) is 30.8 Å². The minimum Gasteiger partial charge on any atom is -0.356 e. The van der Waals surface area contributed by atoms with Crippen LogP contribution in [0.15, 0.2) is 77.0 Å². The van der Waals surface area contributed by atoms with Gasteiger partial charge in [0.1, 0.15) is 5.82 Å². The molecule has 0 radical (unpaired) electrons. The van der Waals surface area contributed by atoms with E-state index in [1.807, 2.05) is 34.8 Å². The lowest BCUT2D eigenvalue weighted by Gasteiger charge is -2.20. The maximum atomic E-state index is 4.89. The third-order valence-electron chi connectivity index (χ3n) is 6.28. The largest absolute Gasteiger partial charge is 0.356 e. The molecule has 0 bridgehead atoms. The van der Waals surface area contributed by atoms with Crippen LogP contribution in [-0.4, -0.2) is 27.7 Å². The topological polar surface area (TPSA) is 58.2 Å². The van der Waals surface area contributed by atoms with Crippen molar-refractivity contribution < 1.29 is 0 Å². The molecule has 1 saturated carbocycles. The summed E-state index contributed by atoms with van der Waals surface area (Å²) in [6.45, 7) is 4.81. The van der Waals surface area contributed by atoms with E-state index in [9.17, 15) is 0 Å². The first-order valence-electron chi connectivity index (χ1n) is 10.9. The van der Waals surface area contributed by atoms with Gasteiger partial charge in [0.2, 0.25) is 0 Å². The van der Waals surface area contributed by atoms with Gasteiger partial charge in [0.05, 0.1) is 12.2 Å². The van der Waals surface area contributed by atoms with Gasteiger partial charge in [0.15, 0.2) is 11.5 Å². The maximum Gasteiger partial charge on any atom is 0.179 e. The molecule has 6 heteroatoms.